The second-order valence-electron chi connectivity index (χ2n) is 6.68. The summed E-state index contributed by atoms with van der Waals surface area (Å²) in [5.41, 5.74) is -1.02. The van der Waals surface area contributed by atoms with E-state index < -0.39 is 23.3 Å². The second kappa shape index (κ2) is 6.37. The number of benzene rings is 1. The van der Waals surface area contributed by atoms with E-state index in [1.165, 1.54) is 12.1 Å². The molecular weight excluding hydrogens is 321 g/mol. The molecule has 132 valence electrons. The molecule has 2 heterocycles. The summed E-state index contributed by atoms with van der Waals surface area (Å²) in [5.74, 6) is -1.54. The molecule has 1 aromatic carbocycles. The molecule has 3 rings (SSSR count). The van der Waals surface area contributed by atoms with Crippen LogP contribution >= 0.6 is 0 Å². The third-order valence-corrected chi connectivity index (χ3v) is 5.27. The molecule has 24 heavy (non-hydrogen) atoms. The summed E-state index contributed by atoms with van der Waals surface area (Å²) in [6.07, 6.45) is -0.428. The Hall–Kier alpha value is -1.60. The highest BCUT2D eigenvalue weighted by atomic mass is 19.4. The van der Waals surface area contributed by atoms with Gasteiger partial charge in [0.2, 0.25) is 0 Å². The quantitative estimate of drug-likeness (QED) is 0.886. The Morgan fingerprint density at radius 3 is 2.58 bits per heavy atom. The summed E-state index contributed by atoms with van der Waals surface area (Å²) in [5, 5.41) is 12.5. The molecule has 2 fully saturated rings. The van der Waals surface area contributed by atoms with Crippen LogP contribution in [0.25, 0.3) is 0 Å². The topological polar surface area (TPSA) is 52.6 Å². The van der Waals surface area contributed by atoms with Crippen LogP contribution in [-0.4, -0.2) is 41.1 Å². The highest BCUT2D eigenvalue weighted by Gasteiger charge is 2.41. The summed E-state index contributed by atoms with van der Waals surface area (Å²) in [7, 11) is 0. The summed E-state index contributed by atoms with van der Waals surface area (Å²) >= 11 is 0. The predicted octanol–water partition coefficient (Wildman–Crippen LogP) is 3.12. The predicted molar refractivity (Wildman–Crippen MR) is 82.9 cm³/mol. The van der Waals surface area contributed by atoms with Gasteiger partial charge in [-0.25, -0.2) is 4.79 Å². The van der Waals surface area contributed by atoms with Crippen molar-refractivity contribution in [2.45, 2.75) is 43.9 Å². The lowest BCUT2D eigenvalue weighted by molar-refractivity contribution is -0.138. The lowest BCUT2D eigenvalue weighted by Gasteiger charge is -2.42. The monoisotopic (exact) mass is 342 g/mol. The number of carboxylic acids is 1. The van der Waals surface area contributed by atoms with Gasteiger partial charge in [0.25, 0.3) is 0 Å². The highest BCUT2D eigenvalue weighted by Crippen LogP contribution is 2.38. The first-order chi connectivity index (χ1) is 11.3. The standard InChI is InChI=1S/C17H21F3N2O2/c18-17(19,20)14-3-2-12(10-13(14)15(23)24)11-22-9-1-4-16(22)5-7-21-8-6-16/h2-3,10,21H,1,4-9,11H2,(H,23,24). The Morgan fingerprint density at radius 1 is 1.25 bits per heavy atom. The molecule has 0 bridgehead atoms. The van der Waals surface area contributed by atoms with Crippen LogP contribution in [0.5, 0.6) is 0 Å². The molecule has 2 aliphatic rings. The number of hydrogen-bond donors (Lipinski definition) is 2. The molecule has 2 saturated heterocycles. The molecule has 0 saturated carbocycles. The minimum absolute atomic E-state index is 0.108. The minimum atomic E-state index is -4.66. The number of nitrogens with zero attached hydrogens (tertiary/aromatic N) is 1. The summed E-state index contributed by atoms with van der Waals surface area (Å²) in [4.78, 5) is 13.6. The van der Waals surface area contributed by atoms with Crippen molar-refractivity contribution in [3.05, 3.63) is 34.9 Å². The number of hydrogen-bond acceptors (Lipinski definition) is 3. The molecule has 1 spiro atoms. The van der Waals surface area contributed by atoms with Gasteiger partial charge in [-0.1, -0.05) is 6.07 Å². The lowest BCUT2D eigenvalue weighted by atomic mass is 9.85. The van der Waals surface area contributed by atoms with E-state index in [1.807, 2.05) is 0 Å². The highest BCUT2D eigenvalue weighted by molar-refractivity contribution is 5.89. The fraction of sp³-hybridized carbons (Fsp3) is 0.588. The number of nitrogens with one attached hydrogen (secondary N) is 1. The van der Waals surface area contributed by atoms with Crippen LogP contribution in [-0.2, 0) is 12.7 Å². The summed E-state index contributed by atoms with van der Waals surface area (Å²) < 4.78 is 38.9. The van der Waals surface area contributed by atoms with E-state index in [2.05, 4.69) is 10.2 Å². The van der Waals surface area contributed by atoms with Crippen LogP contribution in [0, 0.1) is 0 Å². The van der Waals surface area contributed by atoms with Crippen molar-refractivity contribution in [1.82, 2.24) is 10.2 Å². The number of aromatic carboxylic acids is 1. The molecule has 0 aliphatic carbocycles. The number of likely N-dealkylation sites (tertiary alicyclic amines) is 1. The molecule has 0 unspecified atom stereocenters. The maximum Gasteiger partial charge on any atom is 0.417 e. The van der Waals surface area contributed by atoms with Crippen molar-refractivity contribution >= 4 is 5.97 Å². The fourth-order valence-corrected chi connectivity index (χ4v) is 4.03. The Kier molecular flexibility index (Phi) is 4.57. The molecule has 0 aromatic heterocycles. The summed E-state index contributed by atoms with van der Waals surface area (Å²) in [6, 6.07) is 3.48. The van der Waals surface area contributed by atoms with Crippen LogP contribution in [0.4, 0.5) is 13.2 Å². The molecule has 2 aliphatic heterocycles. The summed E-state index contributed by atoms with van der Waals surface area (Å²) in [6.45, 7) is 3.30. The first-order valence-corrected chi connectivity index (χ1v) is 8.21. The third kappa shape index (κ3) is 3.28. The van der Waals surface area contributed by atoms with Gasteiger partial charge in [-0.3, -0.25) is 4.90 Å². The van der Waals surface area contributed by atoms with Gasteiger partial charge in [0.1, 0.15) is 0 Å². The first-order valence-electron chi connectivity index (χ1n) is 8.21. The zero-order chi connectivity index (χ0) is 17.4. The number of rotatable bonds is 3. The molecule has 1 aromatic rings. The largest absolute Gasteiger partial charge is 0.478 e. The maximum atomic E-state index is 13.0. The van der Waals surface area contributed by atoms with Crippen LogP contribution < -0.4 is 5.32 Å². The fourth-order valence-electron chi connectivity index (χ4n) is 4.03. The van der Waals surface area contributed by atoms with Crippen molar-refractivity contribution in [2.75, 3.05) is 19.6 Å². The molecule has 7 heteroatoms. The molecular formula is C17H21F3N2O2. The van der Waals surface area contributed by atoms with E-state index >= 15 is 0 Å². The third-order valence-electron chi connectivity index (χ3n) is 5.27. The number of alkyl halides is 3. The van der Waals surface area contributed by atoms with Gasteiger partial charge >= 0.3 is 12.1 Å². The van der Waals surface area contributed by atoms with E-state index in [4.69, 9.17) is 5.11 Å². The molecule has 4 nitrogen and oxygen atoms in total. The van der Waals surface area contributed by atoms with E-state index in [0.717, 1.165) is 51.4 Å². The normalized spacial score (nSPS) is 21.3. The molecule has 2 N–H and O–H groups in total. The number of carbonyl (C=O) groups is 1. The molecule has 0 radical (unpaired) electrons. The maximum absolute atomic E-state index is 13.0. The van der Waals surface area contributed by atoms with Gasteiger partial charge in [-0.2, -0.15) is 13.2 Å². The average molecular weight is 342 g/mol. The lowest BCUT2D eigenvalue weighted by Crippen LogP contribution is -2.50. The Labute approximate surface area is 138 Å². The SMILES string of the molecule is O=C(O)c1cc(CN2CCCC23CCNCC3)ccc1C(F)(F)F. The van der Waals surface area contributed by atoms with Crippen LogP contribution in [0.3, 0.4) is 0 Å². The van der Waals surface area contributed by atoms with E-state index in [0.29, 0.717) is 12.1 Å². The van der Waals surface area contributed by atoms with Crippen LogP contribution in [0.15, 0.2) is 18.2 Å². The average Bonchev–Trinajstić information content (AvgIpc) is 2.89. The number of carboxylic acid groups (broad SMARTS) is 1. The minimum Gasteiger partial charge on any atom is -0.478 e. The van der Waals surface area contributed by atoms with Gasteiger partial charge in [0.15, 0.2) is 0 Å². The van der Waals surface area contributed by atoms with E-state index in [9.17, 15) is 18.0 Å². The Bertz CT molecular complexity index is 625. The second-order valence-corrected chi connectivity index (χ2v) is 6.68. The van der Waals surface area contributed by atoms with Gasteiger partial charge < -0.3 is 10.4 Å². The smallest absolute Gasteiger partial charge is 0.417 e. The number of halogens is 3. The first kappa shape index (κ1) is 17.2. The zero-order valence-corrected chi connectivity index (χ0v) is 13.3. The van der Waals surface area contributed by atoms with Crippen molar-refractivity contribution < 1.29 is 23.1 Å². The van der Waals surface area contributed by atoms with Crippen molar-refractivity contribution in [3.8, 4) is 0 Å². The van der Waals surface area contributed by atoms with E-state index in [1.54, 1.807) is 0 Å². The van der Waals surface area contributed by atoms with Crippen molar-refractivity contribution in [3.63, 3.8) is 0 Å². The number of piperidine rings is 1. The van der Waals surface area contributed by atoms with Gasteiger partial charge in [-0.15, -0.1) is 0 Å². The van der Waals surface area contributed by atoms with E-state index in [-0.39, 0.29) is 5.54 Å². The zero-order valence-electron chi connectivity index (χ0n) is 13.3. The van der Waals surface area contributed by atoms with Crippen LogP contribution in [0.2, 0.25) is 0 Å². The van der Waals surface area contributed by atoms with Gasteiger partial charge in [0.05, 0.1) is 11.1 Å². The molecule has 0 atom stereocenters. The Morgan fingerprint density at radius 2 is 1.96 bits per heavy atom. The van der Waals surface area contributed by atoms with Crippen molar-refractivity contribution in [1.29, 1.82) is 0 Å². The van der Waals surface area contributed by atoms with Gasteiger partial charge in [-0.05, 0) is 63.0 Å². The molecule has 0 amide bonds. The van der Waals surface area contributed by atoms with Crippen molar-refractivity contribution in [2.24, 2.45) is 0 Å². The Balaban J connectivity index is 1.85. The van der Waals surface area contributed by atoms with Crippen LogP contribution in [0.1, 0.15) is 47.2 Å². The van der Waals surface area contributed by atoms with Gasteiger partial charge in [0, 0.05) is 12.1 Å².